The second kappa shape index (κ2) is 6.22. The number of carbonyl (C=O) groups excluding carboxylic acids is 2. The molecule has 0 radical (unpaired) electrons. The van der Waals surface area contributed by atoms with E-state index in [1.54, 1.807) is 17.0 Å². The van der Waals surface area contributed by atoms with Crippen LogP contribution in [0.15, 0.2) is 24.3 Å². The van der Waals surface area contributed by atoms with Gasteiger partial charge in [-0.15, -0.1) is 0 Å². The second-order valence-corrected chi connectivity index (χ2v) is 6.68. The molecule has 5 nitrogen and oxygen atoms in total. The van der Waals surface area contributed by atoms with Crippen LogP contribution in [0.3, 0.4) is 0 Å². The number of amides is 2. The Labute approximate surface area is 136 Å². The van der Waals surface area contributed by atoms with Crippen LogP contribution in [-0.4, -0.2) is 52.4 Å². The molecule has 2 saturated heterocycles. The molecule has 3 rings (SSSR count). The van der Waals surface area contributed by atoms with Crippen molar-refractivity contribution < 1.29 is 14.7 Å². The van der Waals surface area contributed by atoms with Crippen LogP contribution in [0.2, 0.25) is 0 Å². The van der Waals surface area contributed by atoms with Crippen molar-refractivity contribution in [2.75, 3.05) is 20.1 Å². The number of phenols is 1. The number of piperidine rings is 1. The van der Waals surface area contributed by atoms with E-state index in [9.17, 15) is 14.7 Å². The maximum atomic E-state index is 12.7. The van der Waals surface area contributed by atoms with E-state index in [2.05, 4.69) is 0 Å². The Morgan fingerprint density at radius 3 is 2.52 bits per heavy atom. The number of phenolic OH excluding ortho intramolecular Hbond substituents is 1. The summed E-state index contributed by atoms with van der Waals surface area (Å²) in [5.41, 5.74) is 0.440. The number of aromatic hydroxyl groups is 1. The summed E-state index contributed by atoms with van der Waals surface area (Å²) in [6.07, 6.45) is 4.50. The number of likely N-dealkylation sites (tertiary alicyclic amines) is 2. The predicted molar refractivity (Wildman–Crippen MR) is 87.0 cm³/mol. The standard InChI is InChI=1S/C18H24N2O3/c1-19-12-2-10-18(17(19)23)11-3-13-20(18)16(22)9-6-14-4-7-15(21)8-5-14/h4-5,7-8,21H,2-3,6,9-13H2,1H3. The van der Waals surface area contributed by atoms with Gasteiger partial charge in [-0.05, 0) is 49.8 Å². The molecule has 1 N–H and O–H groups in total. The van der Waals surface area contributed by atoms with Crippen LogP contribution in [0.1, 0.15) is 37.7 Å². The quantitative estimate of drug-likeness (QED) is 0.927. The van der Waals surface area contributed by atoms with Crippen LogP contribution in [0.5, 0.6) is 5.75 Å². The minimum atomic E-state index is -0.584. The van der Waals surface area contributed by atoms with Gasteiger partial charge in [0.2, 0.25) is 11.8 Å². The zero-order chi connectivity index (χ0) is 16.4. The van der Waals surface area contributed by atoms with Crippen molar-refractivity contribution in [3.05, 3.63) is 29.8 Å². The highest BCUT2D eigenvalue weighted by Gasteiger charge is 2.51. The molecule has 1 spiro atoms. The van der Waals surface area contributed by atoms with Crippen LogP contribution in [0.25, 0.3) is 0 Å². The van der Waals surface area contributed by atoms with E-state index in [-0.39, 0.29) is 17.6 Å². The molecule has 2 aliphatic rings. The van der Waals surface area contributed by atoms with E-state index in [4.69, 9.17) is 0 Å². The van der Waals surface area contributed by atoms with E-state index in [0.717, 1.165) is 37.8 Å². The maximum absolute atomic E-state index is 12.7. The number of rotatable bonds is 3. The number of nitrogens with zero attached hydrogens (tertiary/aromatic N) is 2. The molecule has 23 heavy (non-hydrogen) atoms. The lowest BCUT2D eigenvalue weighted by atomic mass is 9.85. The summed E-state index contributed by atoms with van der Waals surface area (Å²) in [6, 6.07) is 6.94. The molecule has 2 heterocycles. The van der Waals surface area contributed by atoms with Crippen LogP contribution in [0, 0.1) is 0 Å². The van der Waals surface area contributed by atoms with Gasteiger partial charge in [-0.3, -0.25) is 9.59 Å². The predicted octanol–water partition coefficient (Wildman–Crippen LogP) is 1.94. The molecule has 2 aliphatic heterocycles. The molecule has 0 saturated carbocycles. The molecule has 1 unspecified atom stereocenters. The summed E-state index contributed by atoms with van der Waals surface area (Å²) in [5, 5.41) is 9.31. The smallest absolute Gasteiger partial charge is 0.248 e. The molecule has 1 aromatic rings. The zero-order valence-corrected chi connectivity index (χ0v) is 13.6. The minimum Gasteiger partial charge on any atom is -0.508 e. The van der Waals surface area contributed by atoms with Crippen molar-refractivity contribution in [3.8, 4) is 5.75 Å². The third-order valence-electron chi connectivity index (χ3n) is 5.18. The molecule has 1 atom stereocenters. The summed E-state index contributed by atoms with van der Waals surface area (Å²) in [6.45, 7) is 1.48. The lowest BCUT2D eigenvalue weighted by Gasteiger charge is -2.43. The van der Waals surface area contributed by atoms with Crippen LogP contribution >= 0.6 is 0 Å². The average molecular weight is 316 g/mol. The molecule has 2 amide bonds. The van der Waals surface area contributed by atoms with Crippen molar-refractivity contribution in [1.82, 2.24) is 9.80 Å². The van der Waals surface area contributed by atoms with Crippen molar-refractivity contribution in [3.63, 3.8) is 0 Å². The van der Waals surface area contributed by atoms with Gasteiger partial charge in [-0.2, -0.15) is 0 Å². The fourth-order valence-electron chi connectivity index (χ4n) is 3.95. The number of carbonyl (C=O) groups is 2. The molecule has 124 valence electrons. The summed E-state index contributed by atoms with van der Waals surface area (Å²) in [4.78, 5) is 29.0. The highest BCUT2D eigenvalue weighted by Crippen LogP contribution is 2.38. The molecule has 0 bridgehead atoms. The zero-order valence-electron chi connectivity index (χ0n) is 13.6. The molecule has 1 aromatic carbocycles. The first-order chi connectivity index (χ1) is 11.0. The summed E-state index contributed by atoms with van der Waals surface area (Å²) >= 11 is 0. The van der Waals surface area contributed by atoms with Gasteiger partial charge in [-0.25, -0.2) is 0 Å². The van der Waals surface area contributed by atoms with Crippen molar-refractivity contribution in [2.24, 2.45) is 0 Å². The molecular weight excluding hydrogens is 292 g/mol. The number of benzene rings is 1. The molecular formula is C18H24N2O3. The monoisotopic (exact) mass is 316 g/mol. The maximum Gasteiger partial charge on any atom is 0.248 e. The van der Waals surface area contributed by atoms with E-state index in [0.29, 0.717) is 19.4 Å². The minimum absolute atomic E-state index is 0.0687. The lowest BCUT2D eigenvalue weighted by molar-refractivity contribution is -0.154. The van der Waals surface area contributed by atoms with Crippen LogP contribution in [0.4, 0.5) is 0 Å². The van der Waals surface area contributed by atoms with Gasteiger partial charge in [0.05, 0.1) is 0 Å². The summed E-state index contributed by atoms with van der Waals surface area (Å²) in [5.74, 6) is 0.410. The highest BCUT2D eigenvalue weighted by atomic mass is 16.3. The van der Waals surface area contributed by atoms with Crippen molar-refractivity contribution in [2.45, 2.75) is 44.1 Å². The average Bonchev–Trinajstić information content (AvgIpc) is 2.96. The summed E-state index contributed by atoms with van der Waals surface area (Å²) in [7, 11) is 1.83. The third kappa shape index (κ3) is 2.92. The Bertz CT molecular complexity index is 599. The van der Waals surface area contributed by atoms with E-state index in [1.165, 1.54) is 0 Å². The largest absolute Gasteiger partial charge is 0.508 e. The van der Waals surface area contributed by atoms with Gasteiger partial charge in [0.25, 0.3) is 0 Å². The van der Waals surface area contributed by atoms with Gasteiger partial charge < -0.3 is 14.9 Å². The van der Waals surface area contributed by atoms with Gasteiger partial charge in [0, 0.05) is 26.6 Å². The first-order valence-corrected chi connectivity index (χ1v) is 8.37. The van der Waals surface area contributed by atoms with Gasteiger partial charge in [0.1, 0.15) is 11.3 Å². The van der Waals surface area contributed by atoms with Crippen molar-refractivity contribution >= 4 is 11.8 Å². The molecule has 0 aliphatic carbocycles. The number of likely N-dealkylation sites (N-methyl/N-ethyl adjacent to an activating group) is 1. The topological polar surface area (TPSA) is 60.9 Å². The van der Waals surface area contributed by atoms with Crippen molar-refractivity contribution in [1.29, 1.82) is 0 Å². The Kier molecular flexibility index (Phi) is 4.28. The van der Waals surface area contributed by atoms with Crippen LogP contribution in [-0.2, 0) is 16.0 Å². The molecule has 0 aromatic heterocycles. The third-order valence-corrected chi connectivity index (χ3v) is 5.18. The summed E-state index contributed by atoms with van der Waals surface area (Å²) < 4.78 is 0. The van der Waals surface area contributed by atoms with E-state index < -0.39 is 5.54 Å². The molecule has 5 heteroatoms. The van der Waals surface area contributed by atoms with E-state index in [1.807, 2.05) is 24.1 Å². The second-order valence-electron chi connectivity index (χ2n) is 6.68. The fraction of sp³-hybridized carbons (Fsp3) is 0.556. The number of aryl methyl sites for hydroxylation is 1. The van der Waals surface area contributed by atoms with E-state index >= 15 is 0 Å². The Morgan fingerprint density at radius 2 is 1.83 bits per heavy atom. The first-order valence-electron chi connectivity index (χ1n) is 8.37. The lowest BCUT2D eigenvalue weighted by Crippen LogP contribution is -2.60. The fourth-order valence-corrected chi connectivity index (χ4v) is 3.95. The Hall–Kier alpha value is -2.04. The van der Waals surface area contributed by atoms with Gasteiger partial charge >= 0.3 is 0 Å². The van der Waals surface area contributed by atoms with Gasteiger partial charge in [0.15, 0.2) is 0 Å². The number of hydrogen-bond acceptors (Lipinski definition) is 3. The highest BCUT2D eigenvalue weighted by molar-refractivity contribution is 5.92. The van der Waals surface area contributed by atoms with Crippen LogP contribution < -0.4 is 0 Å². The number of hydrogen-bond donors (Lipinski definition) is 1. The Balaban J connectivity index is 1.68. The Morgan fingerprint density at radius 1 is 1.17 bits per heavy atom. The first kappa shape index (κ1) is 15.8. The normalized spacial score (nSPS) is 24.5. The molecule has 2 fully saturated rings. The van der Waals surface area contributed by atoms with Gasteiger partial charge in [-0.1, -0.05) is 12.1 Å². The SMILES string of the molecule is CN1CCCC2(CCCN2C(=O)CCc2ccc(O)cc2)C1=O.